The number of nitrogens with zero attached hydrogens (tertiary/aromatic N) is 1. The van der Waals surface area contributed by atoms with Crippen molar-refractivity contribution in [3.8, 4) is 34.5 Å². The molecule has 1 N–H and O–H groups in total. The monoisotopic (exact) mass is 501 g/mol. The maximum atomic E-state index is 15.1. The van der Waals surface area contributed by atoms with Gasteiger partial charge in [-0.3, -0.25) is 9.78 Å². The number of pyridine rings is 1. The van der Waals surface area contributed by atoms with E-state index in [0.29, 0.717) is 43.1 Å². The van der Waals surface area contributed by atoms with Gasteiger partial charge in [-0.05, 0) is 60.7 Å². The van der Waals surface area contributed by atoms with Gasteiger partial charge in [-0.15, -0.1) is 5.92 Å². The van der Waals surface area contributed by atoms with Crippen molar-refractivity contribution in [3.05, 3.63) is 77.4 Å². The van der Waals surface area contributed by atoms with E-state index in [0.717, 1.165) is 28.7 Å². The normalized spacial score (nSPS) is 19.0. The molecule has 2 aromatic carbocycles. The average molecular weight is 502 g/mol. The summed E-state index contributed by atoms with van der Waals surface area (Å²) in [5, 5.41) is 9.17. The van der Waals surface area contributed by atoms with E-state index >= 15 is 4.39 Å². The van der Waals surface area contributed by atoms with Crippen molar-refractivity contribution < 1.29 is 28.5 Å². The lowest BCUT2D eigenvalue weighted by atomic mass is 9.96. The molecule has 1 aromatic heterocycles. The highest BCUT2D eigenvalue weighted by Crippen LogP contribution is 2.42. The average Bonchev–Trinajstić information content (AvgIpc) is 3.55. The quantitative estimate of drug-likeness (QED) is 0.399. The molecule has 3 atom stereocenters. The smallest absolute Gasteiger partial charge is 0.304 e. The van der Waals surface area contributed by atoms with Crippen LogP contribution in [0.4, 0.5) is 4.39 Å². The number of ether oxygens (including phenoxy) is 3. The fraction of sp³-hybridized carbons (Fsp3) is 0.333. The topological polar surface area (TPSA) is 77.9 Å². The lowest BCUT2D eigenvalue weighted by Crippen LogP contribution is -2.15. The largest absolute Gasteiger partial charge is 0.486 e. The van der Waals surface area contributed by atoms with Crippen molar-refractivity contribution in [3.63, 3.8) is 0 Å². The number of carboxylic acid groups (broad SMARTS) is 1. The van der Waals surface area contributed by atoms with Crippen molar-refractivity contribution in [2.24, 2.45) is 0 Å². The molecule has 190 valence electrons. The Labute approximate surface area is 215 Å². The molecule has 7 heteroatoms. The predicted molar refractivity (Wildman–Crippen MR) is 136 cm³/mol. The van der Waals surface area contributed by atoms with Crippen LogP contribution in [0.1, 0.15) is 54.9 Å². The number of fused-ring (bicyclic) bond motifs is 1. The molecule has 1 aliphatic carbocycles. The Morgan fingerprint density at radius 1 is 1.16 bits per heavy atom. The molecule has 1 saturated heterocycles. The molecule has 3 aromatic rings. The second kappa shape index (κ2) is 11.0. The number of carbonyl (C=O) groups is 1. The molecule has 2 aliphatic rings. The van der Waals surface area contributed by atoms with E-state index in [1.54, 1.807) is 37.5 Å². The SMILES string of the molecule is CC#CC(CC(=O)O)c1ccc(O[C@@H]2CCc3c(-c4cncc(O[C@@H]5CCOC5)c4)ccc(F)c32)cc1. The van der Waals surface area contributed by atoms with Crippen LogP contribution in [0.5, 0.6) is 11.5 Å². The number of benzene rings is 2. The zero-order valence-electron chi connectivity index (χ0n) is 20.6. The van der Waals surface area contributed by atoms with Crippen LogP contribution in [0, 0.1) is 17.7 Å². The Morgan fingerprint density at radius 3 is 2.73 bits per heavy atom. The molecule has 1 fully saturated rings. The zero-order valence-corrected chi connectivity index (χ0v) is 20.6. The van der Waals surface area contributed by atoms with E-state index in [4.69, 9.17) is 14.2 Å². The van der Waals surface area contributed by atoms with Crippen molar-refractivity contribution in [2.45, 2.75) is 50.7 Å². The molecular formula is C30H28FNO5. The standard InChI is InChI=1S/C30H28FNO5/c1-2-3-20(15-29(33)34)19-4-6-22(7-5-19)37-28-11-9-26-25(8-10-27(31)30(26)28)21-14-24(17-32-16-21)36-23-12-13-35-18-23/h4-8,10,14,16-17,20,23,28H,9,11-13,15,18H2,1H3,(H,33,34)/t20?,23-,28-/m1/s1. The summed E-state index contributed by atoms with van der Waals surface area (Å²) in [5.41, 5.74) is 4.10. The predicted octanol–water partition coefficient (Wildman–Crippen LogP) is 5.70. The van der Waals surface area contributed by atoms with Gasteiger partial charge in [-0.1, -0.05) is 24.1 Å². The molecule has 1 unspecified atom stereocenters. The van der Waals surface area contributed by atoms with Gasteiger partial charge in [0.15, 0.2) is 0 Å². The molecule has 0 radical (unpaired) electrons. The molecule has 5 rings (SSSR count). The molecule has 37 heavy (non-hydrogen) atoms. The molecule has 1 aliphatic heterocycles. The number of halogens is 1. The van der Waals surface area contributed by atoms with Crippen LogP contribution in [0.3, 0.4) is 0 Å². The Morgan fingerprint density at radius 2 is 2.00 bits per heavy atom. The summed E-state index contributed by atoms with van der Waals surface area (Å²) in [6.45, 7) is 2.96. The van der Waals surface area contributed by atoms with Crippen LogP contribution in [0.25, 0.3) is 11.1 Å². The third-order valence-electron chi connectivity index (χ3n) is 6.76. The minimum absolute atomic E-state index is 0.0218. The highest BCUT2D eigenvalue weighted by atomic mass is 19.1. The summed E-state index contributed by atoms with van der Waals surface area (Å²) < 4.78 is 32.7. The summed E-state index contributed by atoms with van der Waals surface area (Å²) in [6.07, 6.45) is 5.17. The number of hydrogen-bond donors (Lipinski definition) is 1. The molecule has 0 saturated carbocycles. The lowest BCUT2D eigenvalue weighted by molar-refractivity contribution is -0.137. The van der Waals surface area contributed by atoms with E-state index in [2.05, 4.69) is 16.8 Å². The summed E-state index contributed by atoms with van der Waals surface area (Å²) in [6, 6.07) is 12.4. The highest BCUT2D eigenvalue weighted by Gasteiger charge is 2.30. The van der Waals surface area contributed by atoms with Crippen molar-refractivity contribution >= 4 is 5.97 Å². The van der Waals surface area contributed by atoms with Gasteiger partial charge in [0.2, 0.25) is 0 Å². The first-order chi connectivity index (χ1) is 18.0. The van der Waals surface area contributed by atoms with Crippen LogP contribution in [0.15, 0.2) is 54.9 Å². The maximum absolute atomic E-state index is 15.1. The van der Waals surface area contributed by atoms with E-state index in [9.17, 15) is 9.90 Å². The van der Waals surface area contributed by atoms with Gasteiger partial charge in [0, 0.05) is 23.7 Å². The molecular weight excluding hydrogens is 473 g/mol. The summed E-state index contributed by atoms with van der Waals surface area (Å²) >= 11 is 0. The molecule has 2 heterocycles. The summed E-state index contributed by atoms with van der Waals surface area (Å²) in [7, 11) is 0. The summed E-state index contributed by atoms with van der Waals surface area (Å²) in [4.78, 5) is 15.5. The third-order valence-corrected chi connectivity index (χ3v) is 6.76. The second-order valence-electron chi connectivity index (χ2n) is 9.26. The second-order valence-corrected chi connectivity index (χ2v) is 9.26. The Kier molecular flexibility index (Phi) is 7.38. The Balaban J connectivity index is 1.36. The fourth-order valence-corrected chi connectivity index (χ4v) is 5.03. The Hall–Kier alpha value is -3.89. The molecule has 0 amide bonds. The van der Waals surface area contributed by atoms with Gasteiger partial charge in [-0.25, -0.2) is 4.39 Å². The van der Waals surface area contributed by atoms with Gasteiger partial charge < -0.3 is 19.3 Å². The fourth-order valence-electron chi connectivity index (χ4n) is 5.03. The van der Waals surface area contributed by atoms with Crippen LogP contribution in [0.2, 0.25) is 0 Å². The Bertz CT molecular complexity index is 1340. The first-order valence-electron chi connectivity index (χ1n) is 12.4. The molecule has 0 spiro atoms. The van der Waals surface area contributed by atoms with Crippen LogP contribution < -0.4 is 9.47 Å². The number of aromatic nitrogens is 1. The van der Waals surface area contributed by atoms with E-state index < -0.39 is 18.0 Å². The zero-order chi connectivity index (χ0) is 25.8. The lowest BCUT2D eigenvalue weighted by Gasteiger charge is -2.18. The van der Waals surface area contributed by atoms with E-state index in [1.165, 1.54) is 6.07 Å². The maximum Gasteiger partial charge on any atom is 0.304 e. The van der Waals surface area contributed by atoms with Gasteiger partial charge in [0.05, 0.1) is 31.7 Å². The van der Waals surface area contributed by atoms with Crippen LogP contribution in [-0.2, 0) is 16.0 Å². The number of rotatable bonds is 8. The van der Waals surface area contributed by atoms with E-state index in [1.807, 2.05) is 18.2 Å². The highest BCUT2D eigenvalue weighted by molar-refractivity contribution is 5.71. The minimum atomic E-state index is -0.901. The van der Waals surface area contributed by atoms with Crippen molar-refractivity contribution in [1.29, 1.82) is 0 Å². The van der Waals surface area contributed by atoms with Gasteiger partial charge in [0.25, 0.3) is 0 Å². The number of aliphatic carboxylic acids is 1. The minimum Gasteiger partial charge on any atom is -0.486 e. The van der Waals surface area contributed by atoms with Gasteiger partial charge in [0.1, 0.15) is 29.5 Å². The van der Waals surface area contributed by atoms with Crippen LogP contribution in [-0.4, -0.2) is 35.4 Å². The van der Waals surface area contributed by atoms with E-state index in [-0.39, 0.29) is 18.3 Å². The van der Waals surface area contributed by atoms with Crippen molar-refractivity contribution in [2.75, 3.05) is 13.2 Å². The van der Waals surface area contributed by atoms with Crippen LogP contribution >= 0.6 is 0 Å². The summed E-state index contributed by atoms with van der Waals surface area (Å²) in [5.74, 6) is 5.43. The number of carboxylic acids is 1. The molecule has 0 bridgehead atoms. The first-order valence-corrected chi connectivity index (χ1v) is 12.4. The third kappa shape index (κ3) is 5.60. The van der Waals surface area contributed by atoms with Gasteiger partial charge in [-0.2, -0.15) is 0 Å². The number of hydrogen-bond acceptors (Lipinski definition) is 5. The van der Waals surface area contributed by atoms with Crippen molar-refractivity contribution in [1.82, 2.24) is 4.98 Å². The van der Waals surface area contributed by atoms with Gasteiger partial charge >= 0.3 is 5.97 Å². The molecule has 6 nitrogen and oxygen atoms in total. The first kappa shape index (κ1) is 24.8.